The summed E-state index contributed by atoms with van der Waals surface area (Å²) in [5.74, 6) is -3.11. The predicted octanol–water partition coefficient (Wildman–Crippen LogP) is 2.62. The summed E-state index contributed by atoms with van der Waals surface area (Å²) in [5, 5.41) is 0. The van der Waals surface area contributed by atoms with Crippen molar-refractivity contribution in [2.45, 2.75) is 56.0 Å². The third-order valence-electron chi connectivity index (χ3n) is 5.84. The number of rotatable bonds is 4. The molecule has 2 atom stereocenters. The fourth-order valence-corrected chi connectivity index (χ4v) is 4.17. The number of nitrogens with two attached hydrogens (primary N) is 2. The number of hydrogen-bond acceptors (Lipinski definition) is 3. The van der Waals surface area contributed by atoms with E-state index in [-0.39, 0.29) is 24.7 Å². The van der Waals surface area contributed by atoms with Crippen LogP contribution in [0.3, 0.4) is 0 Å². The van der Waals surface area contributed by atoms with E-state index in [1.807, 2.05) is 12.1 Å². The SMILES string of the molecule is N[C@H](C(=O)N1CCC(F)(F)C1)[C@@H](N)C1CCC(c2ccc(F)cc2)CC1. The summed E-state index contributed by atoms with van der Waals surface area (Å²) >= 11 is 0. The van der Waals surface area contributed by atoms with Gasteiger partial charge in [-0.15, -0.1) is 0 Å². The molecule has 0 spiro atoms. The van der Waals surface area contributed by atoms with E-state index < -0.39 is 30.5 Å². The molecule has 26 heavy (non-hydrogen) atoms. The van der Waals surface area contributed by atoms with Crippen LogP contribution in [-0.4, -0.2) is 41.9 Å². The summed E-state index contributed by atoms with van der Waals surface area (Å²) in [6, 6.07) is 5.06. The first-order valence-corrected chi connectivity index (χ1v) is 9.20. The molecular formula is C19H26F3N3O. The maximum absolute atomic E-state index is 13.3. The molecule has 4 nitrogen and oxygen atoms in total. The Labute approximate surface area is 151 Å². The molecular weight excluding hydrogens is 343 g/mol. The third-order valence-corrected chi connectivity index (χ3v) is 5.84. The number of alkyl halides is 2. The van der Waals surface area contributed by atoms with E-state index in [0.717, 1.165) is 36.1 Å². The molecule has 1 aromatic rings. The zero-order valence-corrected chi connectivity index (χ0v) is 14.7. The van der Waals surface area contributed by atoms with E-state index in [0.29, 0.717) is 5.92 Å². The van der Waals surface area contributed by atoms with Gasteiger partial charge < -0.3 is 16.4 Å². The number of carbonyl (C=O) groups excluding carboxylic acids is 1. The first-order valence-electron chi connectivity index (χ1n) is 9.20. The van der Waals surface area contributed by atoms with Gasteiger partial charge in [-0.05, 0) is 55.2 Å². The summed E-state index contributed by atoms with van der Waals surface area (Å²) in [6.45, 7) is -0.535. The van der Waals surface area contributed by atoms with Crippen molar-refractivity contribution in [2.24, 2.45) is 17.4 Å². The second-order valence-corrected chi connectivity index (χ2v) is 7.63. The van der Waals surface area contributed by atoms with E-state index in [4.69, 9.17) is 11.5 Å². The molecule has 3 rings (SSSR count). The number of hydrogen-bond donors (Lipinski definition) is 2. The van der Waals surface area contributed by atoms with Gasteiger partial charge in [-0.3, -0.25) is 4.79 Å². The Morgan fingerprint density at radius 3 is 2.27 bits per heavy atom. The van der Waals surface area contributed by atoms with E-state index in [1.54, 1.807) is 0 Å². The average Bonchev–Trinajstić information content (AvgIpc) is 3.00. The van der Waals surface area contributed by atoms with E-state index in [2.05, 4.69) is 0 Å². The van der Waals surface area contributed by atoms with Gasteiger partial charge >= 0.3 is 0 Å². The van der Waals surface area contributed by atoms with Gasteiger partial charge in [0.15, 0.2) is 0 Å². The summed E-state index contributed by atoms with van der Waals surface area (Å²) in [7, 11) is 0. The topological polar surface area (TPSA) is 72.4 Å². The smallest absolute Gasteiger partial charge is 0.267 e. The minimum atomic E-state index is -2.83. The molecule has 144 valence electrons. The van der Waals surface area contributed by atoms with Crippen molar-refractivity contribution in [3.63, 3.8) is 0 Å². The van der Waals surface area contributed by atoms with Crippen molar-refractivity contribution >= 4 is 5.91 Å². The second kappa shape index (κ2) is 7.56. The molecule has 0 radical (unpaired) electrons. The summed E-state index contributed by atoms with van der Waals surface area (Å²) in [5.41, 5.74) is 13.4. The van der Waals surface area contributed by atoms with Gasteiger partial charge in [0.1, 0.15) is 5.82 Å². The highest BCUT2D eigenvalue weighted by Crippen LogP contribution is 2.37. The molecule has 1 heterocycles. The molecule has 0 aromatic heterocycles. The van der Waals surface area contributed by atoms with Gasteiger partial charge in [0, 0.05) is 19.0 Å². The van der Waals surface area contributed by atoms with Crippen LogP contribution in [0.4, 0.5) is 13.2 Å². The number of likely N-dealkylation sites (tertiary alicyclic amines) is 1. The molecule has 2 fully saturated rings. The van der Waals surface area contributed by atoms with Crippen LogP contribution in [0.2, 0.25) is 0 Å². The van der Waals surface area contributed by atoms with Gasteiger partial charge in [0.25, 0.3) is 5.92 Å². The first-order chi connectivity index (χ1) is 12.3. The highest BCUT2D eigenvalue weighted by atomic mass is 19.3. The van der Waals surface area contributed by atoms with Gasteiger partial charge in [-0.1, -0.05) is 12.1 Å². The molecule has 4 N–H and O–H groups in total. The number of amides is 1. The van der Waals surface area contributed by atoms with Crippen LogP contribution < -0.4 is 11.5 Å². The highest BCUT2D eigenvalue weighted by Gasteiger charge is 2.43. The van der Waals surface area contributed by atoms with Crippen LogP contribution in [0, 0.1) is 11.7 Å². The Morgan fingerprint density at radius 1 is 1.12 bits per heavy atom. The van der Waals surface area contributed by atoms with E-state index in [9.17, 15) is 18.0 Å². The fourth-order valence-electron chi connectivity index (χ4n) is 4.17. The molecule has 1 aliphatic heterocycles. The summed E-state index contributed by atoms with van der Waals surface area (Å²) in [4.78, 5) is 13.5. The lowest BCUT2D eigenvalue weighted by Gasteiger charge is -2.35. The van der Waals surface area contributed by atoms with Crippen molar-refractivity contribution in [3.05, 3.63) is 35.6 Å². The maximum atomic E-state index is 13.3. The lowest BCUT2D eigenvalue weighted by Crippen LogP contribution is -2.56. The Morgan fingerprint density at radius 2 is 1.73 bits per heavy atom. The van der Waals surface area contributed by atoms with Gasteiger partial charge in [0.05, 0.1) is 12.6 Å². The number of halogens is 3. The number of nitrogens with zero attached hydrogens (tertiary/aromatic N) is 1. The molecule has 0 bridgehead atoms. The zero-order valence-electron chi connectivity index (χ0n) is 14.7. The lowest BCUT2D eigenvalue weighted by atomic mass is 9.74. The highest BCUT2D eigenvalue weighted by molar-refractivity contribution is 5.82. The van der Waals surface area contributed by atoms with Gasteiger partial charge in [-0.25, -0.2) is 13.2 Å². The van der Waals surface area contributed by atoms with E-state index in [1.165, 1.54) is 12.1 Å². The summed E-state index contributed by atoms with van der Waals surface area (Å²) < 4.78 is 39.7. The Balaban J connectivity index is 1.53. The van der Waals surface area contributed by atoms with Crippen molar-refractivity contribution in [3.8, 4) is 0 Å². The van der Waals surface area contributed by atoms with Crippen LogP contribution in [0.1, 0.15) is 43.6 Å². The van der Waals surface area contributed by atoms with Gasteiger partial charge in [-0.2, -0.15) is 0 Å². The first kappa shape index (κ1) is 19.2. The molecule has 1 amide bonds. The second-order valence-electron chi connectivity index (χ2n) is 7.63. The molecule has 0 unspecified atom stereocenters. The molecule has 1 aromatic carbocycles. The van der Waals surface area contributed by atoms with Crippen LogP contribution in [-0.2, 0) is 4.79 Å². The van der Waals surface area contributed by atoms with Crippen LogP contribution in [0.25, 0.3) is 0 Å². The third kappa shape index (κ3) is 4.20. The fraction of sp³-hybridized carbons (Fsp3) is 0.632. The van der Waals surface area contributed by atoms with Crippen LogP contribution >= 0.6 is 0 Å². The quantitative estimate of drug-likeness (QED) is 0.857. The zero-order chi connectivity index (χ0) is 18.9. The molecule has 2 aliphatic rings. The van der Waals surface area contributed by atoms with Crippen LogP contribution in [0.15, 0.2) is 24.3 Å². The average molecular weight is 369 g/mol. The predicted molar refractivity (Wildman–Crippen MR) is 93.2 cm³/mol. The Hall–Kier alpha value is -1.60. The van der Waals surface area contributed by atoms with Crippen molar-refractivity contribution in [2.75, 3.05) is 13.1 Å². The molecule has 1 saturated heterocycles. The summed E-state index contributed by atoms with van der Waals surface area (Å²) in [6.07, 6.45) is 3.11. The van der Waals surface area contributed by atoms with Crippen LogP contribution in [0.5, 0.6) is 0 Å². The van der Waals surface area contributed by atoms with Crippen molar-refractivity contribution in [1.82, 2.24) is 4.90 Å². The minimum Gasteiger partial charge on any atom is -0.335 e. The van der Waals surface area contributed by atoms with E-state index >= 15 is 0 Å². The Kier molecular flexibility index (Phi) is 5.58. The maximum Gasteiger partial charge on any atom is 0.267 e. The molecule has 7 heteroatoms. The largest absolute Gasteiger partial charge is 0.335 e. The van der Waals surface area contributed by atoms with Crippen molar-refractivity contribution < 1.29 is 18.0 Å². The van der Waals surface area contributed by atoms with Gasteiger partial charge in [0.2, 0.25) is 5.91 Å². The lowest BCUT2D eigenvalue weighted by molar-refractivity contribution is -0.133. The Bertz CT molecular complexity index is 629. The minimum absolute atomic E-state index is 0.0313. The standard InChI is InChI=1S/C19H26F3N3O/c20-15-7-5-13(6-8-15)12-1-3-14(4-2-12)16(23)17(24)18(26)25-10-9-19(21,22)11-25/h5-8,12,14,16-17H,1-4,9-11,23-24H2/t12?,14?,16-,17-/m0/s1. The molecule has 1 saturated carbocycles. The monoisotopic (exact) mass is 369 g/mol. The number of benzene rings is 1. The molecule has 1 aliphatic carbocycles. The normalized spacial score (nSPS) is 28.0. The van der Waals surface area contributed by atoms with Crippen molar-refractivity contribution in [1.29, 1.82) is 0 Å². The number of carbonyl (C=O) groups is 1.